The highest BCUT2D eigenvalue weighted by Crippen LogP contribution is 2.24. The number of hydrogen-bond acceptors (Lipinski definition) is 2. The van der Waals surface area contributed by atoms with Crippen LogP contribution in [0.25, 0.3) is 0 Å². The van der Waals surface area contributed by atoms with Gasteiger partial charge in [-0.3, -0.25) is 4.68 Å². The molecule has 0 fully saturated rings. The van der Waals surface area contributed by atoms with Crippen molar-refractivity contribution in [2.24, 2.45) is 7.05 Å². The lowest BCUT2D eigenvalue weighted by molar-refractivity contribution is 0.172. The summed E-state index contributed by atoms with van der Waals surface area (Å²) in [6, 6.07) is 0. The molecule has 1 aromatic heterocycles. The Balaban J connectivity index is 3.00. The lowest BCUT2D eigenvalue weighted by Gasteiger charge is -2.04. The predicted molar refractivity (Wildman–Crippen MR) is 41.8 cm³/mol. The largest absolute Gasteiger partial charge is 0.393 e. The van der Waals surface area contributed by atoms with Crippen LogP contribution >= 0.6 is 15.9 Å². The third-order valence-corrected chi connectivity index (χ3v) is 2.01. The van der Waals surface area contributed by atoms with Crippen LogP contribution in [-0.4, -0.2) is 21.5 Å². The smallest absolute Gasteiger partial charge is 0.166 e. The van der Waals surface area contributed by atoms with Crippen LogP contribution in [0.4, 0.5) is 4.39 Å². The highest BCUT2D eigenvalue weighted by molar-refractivity contribution is 9.10. The summed E-state index contributed by atoms with van der Waals surface area (Å²) in [6.45, 7) is -0.516. The molecule has 0 amide bonds. The number of hydrogen-bond donors (Lipinski definition) is 1. The summed E-state index contributed by atoms with van der Waals surface area (Å²) in [5.41, 5.74) is 0.368. The molecule has 1 atom stereocenters. The molecule has 62 valence electrons. The lowest BCUT2D eigenvalue weighted by Crippen LogP contribution is -2.05. The number of aliphatic hydroxyl groups is 1. The van der Waals surface area contributed by atoms with E-state index < -0.39 is 12.8 Å². The Morgan fingerprint density at radius 2 is 2.55 bits per heavy atom. The van der Waals surface area contributed by atoms with Gasteiger partial charge in [-0.15, -0.1) is 0 Å². The molecule has 1 heterocycles. The van der Waals surface area contributed by atoms with E-state index in [9.17, 15) is 4.39 Å². The molecule has 1 unspecified atom stereocenters. The Kier molecular flexibility index (Phi) is 2.62. The molecule has 1 N–H and O–H groups in total. The molecule has 1 aromatic rings. The van der Waals surface area contributed by atoms with Crippen molar-refractivity contribution in [1.29, 1.82) is 0 Å². The van der Waals surface area contributed by atoms with Crippen LogP contribution in [0.1, 0.15) is 11.9 Å². The highest BCUT2D eigenvalue weighted by atomic mass is 79.9. The minimum atomic E-state index is -1.36. The van der Waals surface area contributed by atoms with Gasteiger partial charge < -0.3 is 5.11 Å². The van der Waals surface area contributed by atoms with E-state index in [-0.39, 0.29) is 0 Å². The van der Waals surface area contributed by atoms with E-state index in [1.54, 1.807) is 7.05 Å². The van der Waals surface area contributed by atoms with Crippen molar-refractivity contribution in [3.8, 4) is 0 Å². The van der Waals surface area contributed by atoms with Gasteiger partial charge in [-0.1, -0.05) is 0 Å². The van der Waals surface area contributed by atoms with Crippen molar-refractivity contribution < 1.29 is 9.50 Å². The van der Waals surface area contributed by atoms with Gasteiger partial charge in [0.15, 0.2) is 6.17 Å². The molecule has 0 aliphatic heterocycles. The summed E-state index contributed by atoms with van der Waals surface area (Å²) in [5, 5.41) is 12.3. The average molecular weight is 223 g/mol. The van der Waals surface area contributed by atoms with Crippen LogP contribution in [0.2, 0.25) is 0 Å². The van der Waals surface area contributed by atoms with Gasteiger partial charge in [0, 0.05) is 7.05 Å². The van der Waals surface area contributed by atoms with Crippen molar-refractivity contribution >= 4 is 15.9 Å². The molecular weight excluding hydrogens is 215 g/mol. The van der Waals surface area contributed by atoms with Gasteiger partial charge >= 0.3 is 0 Å². The fourth-order valence-corrected chi connectivity index (χ4v) is 1.46. The lowest BCUT2D eigenvalue weighted by atomic mass is 10.3. The number of alkyl halides is 1. The fourth-order valence-electron chi connectivity index (χ4n) is 0.859. The molecule has 0 bridgehead atoms. The number of aliphatic hydroxyl groups excluding tert-OH is 1. The Hall–Kier alpha value is -0.420. The maximum absolute atomic E-state index is 12.9. The summed E-state index contributed by atoms with van der Waals surface area (Å²) in [7, 11) is 1.63. The molecule has 0 saturated heterocycles. The van der Waals surface area contributed by atoms with Crippen molar-refractivity contribution in [3.05, 3.63) is 16.4 Å². The monoisotopic (exact) mass is 222 g/mol. The van der Waals surface area contributed by atoms with E-state index in [0.717, 1.165) is 0 Å². The topological polar surface area (TPSA) is 38.0 Å². The Morgan fingerprint density at radius 1 is 1.91 bits per heavy atom. The van der Waals surface area contributed by atoms with Crippen LogP contribution in [0.3, 0.4) is 0 Å². The number of aryl methyl sites for hydroxylation is 1. The molecular formula is C6H8BrFN2O. The zero-order valence-corrected chi connectivity index (χ0v) is 7.55. The second kappa shape index (κ2) is 3.32. The number of rotatable bonds is 2. The van der Waals surface area contributed by atoms with Crippen LogP contribution in [0.15, 0.2) is 10.7 Å². The normalized spacial score (nSPS) is 13.5. The van der Waals surface area contributed by atoms with E-state index in [1.807, 2.05) is 0 Å². The first-order valence-corrected chi connectivity index (χ1v) is 3.88. The molecule has 5 heteroatoms. The number of halogens is 2. The average Bonchev–Trinajstić information content (AvgIpc) is 2.30. The van der Waals surface area contributed by atoms with Gasteiger partial charge in [-0.25, -0.2) is 4.39 Å². The van der Waals surface area contributed by atoms with Gasteiger partial charge in [0.2, 0.25) is 0 Å². The van der Waals surface area contributed by atoms with Crippen molar-refractivity contribution in [3.63, 3.8) is 0 Å². The molecule has 0 aliphatic rings. The fraction of sp³-hybridized carbons (Fsp3) is 0.500. The number of nitrogens with zero attached hydrogens (tertiary/aromatic N) is 2. The molecule has 0 aliphatic carbocycles. The van der Waals surface area contributed by atoms with E-state index in [4.69, 9.17) is 5.11 Å². The standard InChI is InChI=1S/C6H8BrFN2O/c1-10-6(5(8)3-11)4(7)2-9-10/h2,5,11H,3H2,1H3. The van der Waals surface area contributed by atoms with Gasteiger partial charge in [0.05, 0.1) is 23.0 Å². The van der Waals surface area contributed by atoms with Gasteiger partial charge in [0.1, 0.15) is 0 Å². The highest BCUT2D eigenvalue weighted by Gasteiger charge is 2.16. The van der Waals surface area contributed by atoms with E-state index in [1.165, 1.54) is 10.9 Å². The van der Waals surface area contributed by atoms with Crippen molar-refractivity contribution in [2.45, 2.75) is 6.17 Å². The Morgan fingerprint density at radius 3 is 2.91 bits per heavy atom. The predicted octanol–water partition coefficient (Wildman–Crippen LogP) is 1.19. The van der Waals surface area contributed by atoms with E-state index >= 15 is 0 Å². The minimum absolute atomic E-state index is 0.368. The summed E-state index contributed by atoms with van der Waals surface area (Å²) in [6.07, 6.45) is 0.134. The number of aromatic nitrogens is 2. The van der Waals surface area contributed by atoms with Crippen LogP contribution in [-0.2, 0) is 7.05 Å². The van der Waals surface area contributed by atoms with Crippen LogP contribution in [0.5, 0.6) is 0 Å². The molecule has 11 heavy (non-hydrogen) atoms. The zero-order chi connectivity index (χ0) is 8.43. The Labute approximate surface area is 72.0 Å². The summed E-state index contributed by atoms with van der Waals surface area (Å²) >= 11 is 3.12. The van der Waals surface area contributed by atoms with Crippen molar-refractivity contribution in [1.82, 2.24) is 9.78 Å². The van der Waals surface area contributed by atoms with Crippen LogP contribution in [0, 0.1) is 0 Å². The third kappa shape index (κ3) is 1.59. The summed E-state index contributed by atoms with van der Waals surface area (Å²) in [5.74, 6) is 0. The molecule has 0 saturated carbocycles. The quantitative estimate of drug-likeness (QED) is 0.817. The summed E-state index contributed by atoms with van der Waals surface area (Å²) < 4.78 is 14.9. The first-order valence-electron chi connectivity index (χ1n) is 3.09. The van der Waals surface area contributed by atoms with E-state index in [0.29, 0.717) is 10.2 Å². The third-order valence-electron chi connectivity index (χ3n) is 1.39. The zero-order valence-electron chi connectivity index (χ0n) is 5.96. The maximum Gasteiger partial charge on any atom is 0.166 e. The van der Waals surface area contributed by atoms with Gasteiger partial charge in [0.25, 0.3) is 0 Å². The molecule has 0 aromatic carbocycles. The summed E-state index contributed by atoms with van der Waals surface area (Å²) in [4.78, 5) is 0. The molecule has 0 spiro atoms. The SMILES string of the molecule is Cn1ncc(Br)c1C(F)CO. The van der Waals surface area contributed by atoms with E-state index in [2.05, 4.69) is 21.0 Å². The van der Waals surface area contributed by atoms with Crippen LogP contribution < -0.4 is 0 Å². The van der Waals surface area contributed by atoms with Crippen molar-refractivity contribution in [2.75, 3.05) is 6.61 Å². The molecule has 3 nitrogen and oxygen atoms in total. The first-order chi connectivity index (χ1) is 5.16. The molecule has 1 rings (SSSR count). The molecule has 0 radical (unpaired) electrons. The van der Waals surface area contributed by atoms with Gasteiger partial charge in [-0.05, 0) is 15.9 Å². The minimum Gasteiger partial charge on any atom is -0.393 e. The maximum atomic E-state index is 12.9. The second-order valence-corrected chi connectivity index (χ2v) is 3.01. The Bertz CT molecular complexity index is 231. The van der Waals surface area contributed by atoms with Gasteiger partial charge in [-0.2, -0.15) is 5.10 Å². The first kappa shape index (κ1) is 8.67. The second-order valence-electron chi connectivity index (χ2n) is 2.15.